The number of carboxylic acids is 1. The van der Waals surface area contributed by atoms with E-state index >= 15 is 0 Å². The maximum atomic E-state index is 10.8. The number of rotatable bonds is 6. The first-order valence-electron chi connectivity index (χ1n) is 7.87. The van der Waals surface area contributed by atoms with Gasteiger partial charge in [-0.05, 0) is 24.8 Å². The molecule has 0 spiro atoms. The fraction of sp³-hybridized carbons (Fsp3) is 0.500. The van der Waals surface area contributed by atoms with Gasteiger partial charge in [-0.25, -0.2) is 4.79 Å². The molecular weight excluding hydrogens is 276 g/mol. The average molecular weight is 304 g/mol. The van der Waals surface area contributed by atoms with Gasteiger partial charge >= 0.3 is 5.97 Å². The number of hydrogen-bond acceptors (Lipinski definition) is 3. The quantitative estimate of drug-likeness (QED) is 0.608. The van der Waals surface area contributed by atoms with Crippen LogP contribution in [0.15, 0.2) is 40.5 Å². The van der Waals surface area contributed by atoms with Crippen molar-refractivity contribution < 1.29 is 9.90 Å². The third kappa shape index (κ3) is 6.20. The molecule has 0 saturated heterocycles. The second-order valence-corrected chi connectivity index (χ2v) is 4.96. The van der Waals surface area contributed by atoms with Crippen molar-refractivity contribution in [3.63, 3.8) is 0 Å². The molecule has 0 heterocycles. The molecule has 4 heteroatoms. The van der Waals surface area contributed by atoms with Gasteiger partial charge in [0.2, 0.25) is 0 Å². The summed E-state index contributed by atoms with van der Waals surface area (Å²) < 4.78 is 0. The van der Waals surface area contributed by atoms with Gasteiger partial charge in [0.25, 0.3) is 0 Å². The SMILES string of the molecule is CC.CCC(C)/C(=N\N=C(/C)C(=O)O)C(C)c1ccccc1. The predicted octanol–water partition coefficient (Wildman–Crippen LogP) is 4.76. The number of aliphatic carboxylic acids is 1. The summed E-state index contributed by atoms with van der Waals surface area (Å²) in [7, 11) is 0. The van der Waals surface area contributed by atoms with E-state index < -0.39 is 5.97 Å². The largest absolute Gasteiger partial charge is 0.477 e. The minimum atomic E-state index is -1.04. The molecule has 0 radical (unpaired) electrons. The molecule has 0 aromatic heterocycles. The molecule has 1 aromatic rings. The number of benzene rings is 1. The first-order chi connectivity index (χ1) is 10.5. The lowest BCUT2D eigenvalue weighted by atomic mass is 9.87. The van der Waals surface area contributed by atoms with Crippen LogP contribution in [0, 0.1) is 5.92 Å². The van der Waals surface area contributed by atoms with Gasteiger partial charge in [-0.2, -0.15) is 5.10 Å². The molecule has 1 N–H and O–H groups in total. The molecule has 2 atom stereocenters. The summed E-state index contributed by atoms with van der Waals surface area (Å²) in [6, 6.07) is 10.1. The van der Waals surface area contributed by atoms with Crippen LogP contribution in [0.2, 0.25) is 0 Å². The van der Waals surface area contributed by atoms with Gasteiger partial charge in [0.15, 0.2) is 0 Å². The minimum Gasteiger partial charge on any atom is -0.477 e. The molecule has 22 heavy (non-hydrogen) atoms. The third-order valence-corrected chi connectivity index (χ3v) is 3.49. The molecule has 0 aliphatic rings. The highest BCUT2D eigenvalue weighted by Crippen LogP contribution is 2.23. The maximum absolute atomic E-state index is 10.8. The molecule has 4 nitrogen and oxygen atoms in total. The summed E-state index contributed by atoms with van der Waals surface area (Å²) in [5.41, 5.74) is 2.08. The first kappa shape index (κ1) is 20.0. The number of hydrogen-bond donors (Lipinski definition) is 1. The van der Waals surface area contributed by atoms with Crippen molar-refractivity contribution >= 4 is 17.4 Å². The van der Waals surface area contributed by atoms with E-state index in [9.17, 15) is 4.79 Å². The van der Waals surface area contributed by atoms with Gasteiger partial charge < -0.3 is 5.11 Å². The van der Waals surface area contributed by atoms with E-state index in [2.05, 4.69) is 43.1 Å². The van der Waals surface area contributed by atoms with E-state index in [1.807, 2.05) is 32.0 Å². The highest BCUT2D eigenvalue weighted by Gasteiger charge is 2.18. The van der Waals surface area contributed by atoms with Crippen LogP contribution < -0.4 is 0 Å². The molecule has 1 rings (SSSR count). The van der Waals surface area contributed by atoms with Crippen molar-refractivity contribution in [3.8, 4) is 0 Å². The average Bonchev–Trinajstić information content (AvgIpc) is 2.56. The smallest absolute Gasteiger partial charge is 0.351 e. The van der Waals surface area contributed by atoms with Crippen molar-refractivity contribution in [2.24, 2.45) is 16.1 Å². The third-order valence-electron chi connectivity index (χ3n) is 3.49. The molecule has 0 saturated carbocycles. The minimum absolute atomic E-state index is 0.00562. The van der Waals surface area contributed by atoms with Crippen molar-refractivity contribution in [1.29, 1.82) is 0 Å². The molecule has 0 amide bonds. The van der Waals surface area contributed by atoms with Crippen LogP contribution in [0.5, 0.6) is 0 Å². The van der Waals surface area contributed by atoms with Crippen LogP contribution in [0.25, 0.3) is 0 Å². The van der Waals surface area contributed by atoms with Crippen LogP contribution in [-0.4, -0.2) is 22.5 Å². The van der Waals surface area contributed by atoms with Gasteiger partial charge in [-0.1, -0.05) is 65.0 Å². The van der Waals surface area contributed by atoms with Crippen LogP contribution in [-0.2, 0) is 4.79 Å². The van der Waals surface area contributed by atoms with Crippen LogP contribution >= 0.6 is 0 Å². The summed E-state index contributed by atoms with van der Waals surface area (Å²) in [6.45, 7) is 11.7. The number of nitrogens with zero attached hydrogens (tertiary/aromatic N) is 2. The lowest BCUT2D eigenvalue weighted by Gasteiger charge is -2.19. The van der Waals surface area contributed by atoms with Crippen molar-refractivity contribution in [2.75, 3.05) is 0 Å². The van der Waals surface area contributed by atoms with E-state index in [4.69, 9.17) is 5.11 Å². The monoisotopic (exact) mass is 304 g/mol. The molecule has 2 unspecified atom stereocenters. The summed E-state index contributed by atoms with van der Waals surface area (Å²) in [5, 5.41) is 16.9. The summed E-state index contributed by atoms with van der Waals surface area (Å²) >= 11 is 0. The predicted molar refractivity (Wildman–Crippen MR) is 93.8 cm³/mol. The fourth-order valence-electron chi connectivity index (χ4n) is 1.91. The molecule has 0 fully saturated rings. The second-order valence-electron chi connectivity index (χ2n) is 4.96. The van der Waals surface area contributed by atoms with Gasteiger partial charge in [-0.15, -0.1) is 5.10 Å². The molecule has 0 bridgehead atoms. The topological polar surface area (TPSA) is 62.0 Å². The van der Waals surface area contributed by atoms with Gasteiger partial charge in [-0.3, -0.25) is 0 Å². The van der Waals surface area contributed by atoms with Gasteiger partial charge in [0.05, 0.1) is 5.71 Å². The first-order valence-corrected chi connectivity index (χ1v) is 7.87. The van der Waals surface area contributed by atoms with E-state index in [1.54, 1.807) is 0 Å². The zero-order valence-electron chi connectivity index (χ0n) is 14.5. The Balaban J connectivity index is 0.00000211. The maximum Gasteiger partial charge on any atom is 0.351 e. The zero-order valence-corrected chi connectivity index (χ0v) is 14.5. The van der Waals surface area contributed by atoms with E-state index in [-0.39, 0.29) is 17.5 Å². The second kappa shape index (κ2) is 10.7. The van der Waals surface area contributed by atoms with Crippen LogP contribution in [0.1, 0.15) is 59.4 Å². The standard InChI is InChI=1S/C16H22N2O2.C2H6/c1-5-11(2)15(18-17-13(4)16(19)20)12(3)14-9-7-6-8-10-14;1-2/h6-12H,5H2,1-4H3,(H,19,20);1-2H3/b17-13+,18-15+;. The summed E-state index contributed by atoms with van der Waals surface area (Å²) in [4.78, 5) is 10.8. The number of carbonyl (C=O) groups is 1. The summed E-state index contributed by atoms with van der Waals surface area (Å²) in [6.07, 6.45) is 0.942. The molecule has 0 aliphatic carbocycles. The van der Waals surface area contributed by atoms with Crippen molar-refractivity contribution in [2.45, 2.75) is 53.9 Å². The van der Waals surface area contributed by atoms with Gasteiger partial charge in [0, 0.05) is 5.92 Å². The van der Waals surface area contributed by atoms with E-state index in [0.29, 0.717) is 0 Å². The molecule has 0 aliphatic heterocycles. The van der Waals surface area contributed by atoms with E-state index in [0.717, 1.165) is 17.7 Å². The Kier molecular flexibility index (Phi) is 9.75. The normalized spacial score (nSPS) is 14.6. The zero-order chi connectivity index (χ0) is 17.1. The lowest BCUT2D eigenvalue weighted by Crippen LogP contribution is -2.18. The highest BCUT2D eigenvalue weighted by atomic mass is 16.4. The van der Waals surface area contributed by atoms with Crippen LogP contribution in [0.4, 0.5) is 0 Å². The van der Waals surface area contributed by atoms with E-state index in [1.165, 1.54) is 6.92 Å². The number of carboxylic acid groups (broad SMARTS) is 1. The fourth-order valence-corrected chi connectivity index (χ4v) is 1.91. The Labute approximate surface area is 134 Å². The Morgan fingerprint density at radius 3 is 2.14 bits per heavy atom. The Hall–Kier alpha value is -1.97. The van der Waals surface area contributed by atoms with Crippen molar-refractivity contribution in [1.82, 2.24) is 0 Å². The van der Waals surface area contributed by atoms with Crippen molar-refractivity contribution in [3.05, 3.63) is 35.9 Å². The Morgan fingerprint density at radius 1 is 1.14 bits per heavy atom. The Morgan fingerprint density at radius 2 is 1.68 bits per heavy atom. The van der Waals surface area contributed by atoms with Crippen LogP contribution in [0.3, 0.4) is 0 Å². The highest BCUT2D eigenvalue weighted by molar-refractivity contribution is 6.34. The van der Waals surface area contributed by atoms with Gasteiger partial charge in [0.1, 0.15) is 5.71 Å². The lowest BCUT2D eigenvalue weighted by molar-refractivity contribution is -0.129. The Bertz CT molecular complexity index is 507. The molecule has 122 valence electrons. The summed E-state index contributed by atoms with van der Waals surface area (Å²) in [5.74, 6) is -0.656. The molecular formula is C18H28N2O2. The molecule has 1 aromatic carbocycles.